The van der Waals surface area contributed by atoms with E-state index in [0.717, 1.165) is 52.3 Å². The first-order valence-corrected chi connectivity index (χ1v) is 12.6. The predicted octanol–water partition coefficient (Wildman–Crippen LogP) is 7.34. The molecule has 0 saturated heterocycles. The van der Waals surface area contributed by atoms with Crippen LogP contribution in [0.3, 0.4) is 0 Å². The van der Waals surface area contributed by atoms with Crippen molar-refractivity contribution in [2.75, 3.05) is 21.3 Å². The lowest BCUT2D eigenvalue weighted by Crippen LogP contribution is -2.17. The fraction of sp³-hybridized carbons (Fsp3) is 0.344. The van der Waals surface area contributed by atoms with E-state index < -0.39 is 0 Å². The first-order chi connectivity index (χ1) is 17.9. The van der Waals surface area contributed by atoms with Crippen LogP contribution in [0.5, 0.6) is 17.2 Å². The van der Waals surface area contributed by atoms with Crippen LogP contribution < -0.4 is 9.47 Å². The molecule has 4 rings (SSSR count). The molecule has 38 heavy (non-hydrogen) atoms. The Hall–Kier alpha value is -3.77. The van der Waals surface area contributed by atoms with Crippen molar-refractivity contribution >= 4 is 0 Å². The molecule has 0 unspecified atom stereocenters. The third-order valence-electron chi connectivity index (χ3n) is 6.49. The molecule has 0 amide bonds. The van der Waals surface area contributed by atoms with Gasteiger partial charge in [0.25, 0.3) is 0 Å². The van der Waals surface area contributed by atoms with Crippen LogP contribution in [-0.2, 0) is 10.8 Å². The van der Waals surface area contributed by atoms with Crippen molar-refractivity contribution in [3.8, 4) is 51.2 Å². The van der Waals surface area contributed by atoms with Crippen LogP contribution in [0.1, 0.15) is 52.7 Å². The number of aromatic amines is 1. The molecule has 3 aromatic carbocycles. The SMILES string of the molecule is CO.COc1ccc(-c2nc(-c3cc(C(C)(C)C)cc(C(C)(C)C)c3O)[nH]c2-c2ccc(OC)cc2)cc1. The number of methoxy groups -OCH3 is 2. The summed E-state index contributed by atoms with van der Waals surface area (Å²) in [5.74, 6) is 2.45. The number of aliphatic hydroxyl groups excluding tert-OH is 1. The molecule has 0 spiro atoms. The number of aromatic nitrogens is 2. The molecule has 4 aromatic rings. The maximum absolute atomic E-state index is 11.5. The average Bonchev–Trinajstić information content (AvgIpc) is 3.34. The Kier molecular flexibility index (Phi) is 8.58. The zero-order valence-electron chi connectivity index (χ0n) is 23.9. The number of benzene rings is 3. The van der Waals surface area contributed by atoms with Crippen LogP contribution in [-0.4, -0.2) is 41.5 Å². The number of nitrogens with zero attached hydrogens (tertiary/aromatic N) is 1. The van der Waals surface area contributed by atoms with E-state index in [1.807, 2.05) is 48.5 Å². The summed E-state index contributed by atoms with van der Waals surface area (Å²) in [6.45, 7) is 12.9. The Morgan fingerprint density at radius 2 is 1.21 bits per heavy atom. The minimum absolute atomic E-state index is 0.0906. The summed E-state index contributed by atoms with van der Waals surface area (Å²) in [5, 5.41) is 18.5. The Bertz CT molecular complexity index is 1290. The highest BCUT2D eigenvalue weighted by Crippen LogP contribution is 2.43. The molecule has 0 aliphatic carbocycles. The van der Waals surface area contributed by atoms with E-state index >= 15 is 0 Å². The van der Waals surface area contributed by atoms with E-state index in [2.05, 4.69) is 58.7 Å². The number of imidazole rings is 1. The number of hydrogen-bond acceptors (Lipinski definition) is 5. The molecule has 202 valence electrons. The summed E-state index contributed by atoms with van der Waals surface area (Å²) in [4.78, 5) is 8.58. The molecule has 0 fully saturated rings. The van der Waals surface area contributed by atoms with Gasteiger partial charge in [-0.05, 0) is 71.0 Å². The quantitative estimate of drug-likeness (QED) is 0.258. The van der Waals surface area contributed by atoms with E-state index in [1.54, 1.807) is 14.2 Å². The largest absolute Gasteiger partial charge is 0.507 e. The van der Waals surface area contributed by atoms with Crippen LogP contribution >= 0.6 is 0 Å². The first kappa shape index (κ1) is 28.8. The average molecular weight is 517 g/mol. The number of aliphatic hydroxyl groups is 1. The van der Waals surface area contributed by atoms with Gasteiger partial charge in [0.05, 0.1) is 31.2 Å². The van der Waals surface area contributed by atoms with Crippen LogP contribution in [0.4, 0.5) is 0 Å². The topological polar surface area (TPSA) is 87.6 Å². The molecule has 3 N–H and O–H groups in total. The van der Waals surface area contributed by atoms with Gasteiger partial charge < -0.3 is 24.7 Å². The number of phenols is 1. The number of H-pyrrole nitrogens is 1. The smallest absolute Gasteiger partial charge is 0.142 e. The Morgan fingerprint density at radius 3 is 1.66 bits per heavy atom. The number of ether oxygens (including phenoxy) is 2. The van der Waals surface area contributed by atoms with Gasteiger partial charge in [0, 0.05) is 23.8 Å². The molecule has 1 aromatic heterocycles. The van der Waals surface area contributed by atoms with Crippen molar-refractivity contribution < 1.29 is 19.7 Å². The zero-order valence-corrected chi connectivity index (χ0v) is 23.9. The van der Waals surface area contributed by atoms with Gasteiger partial charge in [-0.15, -0.1) is 0 Å². The lowest BCUT2D eigenvalue weighted by atomic mass is 9.79. The predicted molar refractivity (Wildman–Crippen MR) is 155 cm³/mol. The maximum Gasteiger partial charge on any atom is 0.142 e. The molecule has 6 nitrogen and oxygen atoms in total. The normalized spacial score (nSPS) is 11.5. The van der Waals surface area contributed by atoms with E-state index in [1.165, 1.54) is 0 Å². The van der Waals surface area contributed by atoms with Crippen molar-refractivity contribution in [1.29, 1.82) is 0 Å². The van der Waals surface area contributed by atoms with Crippen LogP contribution in [0.15, 0.2) is 60.7 Å². The lowest BCUT2D eigenvalue weighted by Gasteiger charge is -2.27. The number of hydrogen-bond donors (Lipinski definition) is 3. The van der Waals surface area contributed by atoms with Gasteiger partial charge in [-0.3, -0.25) is 0 Å². The van der Waals surface area contributed by atoms with E-state index in [4.69, 9.17) is 19.6 Å². The molecule has 0 aliphatic heterocycles. The Balaban J connectivity index is 0.00000195. The molecule has 0 bridgehead atoms. The van der Waals surface area contributed by atoms with Crippen molar-refractivity contribution in [1.82, 2.24) is 9.97 Å². The van der Waals surface area contributed by atoms with Crippen LogP contribution in [0, 0.1) is 0 Å². The molecule has 0 saturated carbocycles. The highest BCUT2D eigenvalue weighted by Gasteiger charge is 2.27. The van der Waals surface area contributed by atoms with Crippen molar-refractivity contribution in [2.45, 2.75) is 52.4 Å². The minimum Gasteiger partial charge on any atom is -0.507 e. The van der Waals surface area contributed by atoms with Crippen LogP contribution in [0.25, 0.3) is 33.9 Å². The van der Waals surface area contributed by atoms with Crippen molar-refractivity contribution in [3.63, 3.8) is 0 Å². The fourth-order valence-electron chi connectivity index (χ4n) is 4.24. The third kappa shape index (κ3) is 6.03. The lowest BCUT2D eigenvalue weighted by molar-refractivity contribution is 0.399. The summed E-state index contributed by atoms with van der Waals surface area (Å²) in [5.41, 5.74) is 6.02. The monoisotopic (exact) mass is 516 g/mol. The molecule has 1 heterocycles. The van der Waals surface area contributed by atoms with Crippen LogP contribution in [0.2, 0.25) is 0 Å². The molecule has 6 heteroatoms. The number of nitrogens with one attached hydrogen (secondary N) is 1. The number of rotatable bonds is 5. The Labute approximate surface area is 226 Å². The number of phenolic OH excluding ortho intramolecular Hbond substituents is 1. The zero-order chi connectivity index (χ0) is 28.3. The van der Waals surface area contributed by atoms with E-state index in [9.17, 15) is 5.11 Å². The molecular formula is C32H40N2O4. The van der Waals surface area contributed by atoms with Gasteiger partial charge >= 0.3 is 0 Å². The summed E-state index contributed by atoms with van der Waals surface area (Å²) in [6.07, 6.45) is 0. The summed E-state index contributed by atoms with van der Waals surface area (Å²) < 4.78 is 10.7. The second-order valence-corrected chi connectivity index (χ2v) is 11.2. The van der Waals surface area contributed by atoms with Gasteiger partial charge in [0.2, 0.25) is 0 Å². The molecular weight excluding hydrogens is 476 g/mol. The number of aromatic hydroxyl groups is 1. The van der Waals surface area contributed by atoms with Gasteiger partial charge in [-0.25, -0.2) is 4.98 Å². The standard InChI is InChI=1S/C31H36N2O3.CH4O/c1-30(2,3)21-17-24(28(34)25(18-21)31(4,5)6)29-32-26(19-9-13-22(35-7)14-10-19)27(33-29)20-11-15-23(36-8)16-12-20;1-2/h9-18,34H,1-8H3,(H,32,33);2H,1H3. The second-order valence-electron chi connectivity index (χ2n) is 11.2. The summed E-state index contributed by atoms with van der Waals surface area (Å²) in [6, 6.07) is 19.9. The van der Waals surface area contributed by atoms with Gasteiger partial charge in [-0.2, -0.15) is 0 Å². The van der Waals surface area contributed by atoms with Crippen molar-refractivity contribution in [2.24, 2.45) is 0 Å². The van der Waals surface area contributed by atoms with E-state index in [0.29, 0.717) is 11.4 Å². The minimum atomic E-state index is -0.232. The molecule has 0 aliphatic rings. The first-order valence-electron chi connectivity index (χ1n) is 12.6. The highest BCUT2D eigenvalue weighted by molar-refractivity contribution is 5.83. The Morgan fingerprint density at radius 1 is 0.711 bits per heavy atom. The van der Waals surface area contributed by atoms with Gasteiger partial charge in [0.15, 0.2) is 0 Å². The van der Waals surface area contributed by atoms with Gasteiger partial charge in [0.1, 0.15) is 23.1 Å². The third-order valence-corrected chi connectivity index (χ3v) is 6.49. The second kappa shape index (κ2) is 11.3. The van der Waals surface area contributed by atoms with Crippen molar-refractivity contribution in [3.05, 3.63) is 71.8 Å². The van der Waals surface area contributed by atoms with Gasteiger partial charge in [-0.1, -0.05) is 47.6 Å². The maximum atomic E-state index is 11.5. The summed E-state index contributed by atoms with van der Waals surface area (Å²) in [7, 11) is 4.31. The highest BCUT2D eigenvalue weighted by atomic mass is 16.5. The molecule has 0 radical (unpaired) electrons. The summed E-state index contributed by atoms with van der Waals surface area (Å²) >= 11 is 0. The van der Waals surface area contributed by atoms with E-state index in [-0.39, 0.29) is 16.6 Å². The fourth-order valence-corrected chi connectivity index (χ4v) is 4.24. The molecule has 0 atom stereocenters.